The Morgan fingerprint density at radius 1 is 1.12 bits per heavy atom. The van der Waals surface area contributed by atoms with E-state index < -0.39 is 0 Å². The maximum Gasteiger partial charge on any atom is 0.0401 e. The predicted molar refractivity (Wildman–Crippen MR) is 71.3 cm³/mol. The molecule has 0 aromatic heterocycles. The van der Waals surface area contributed by atoms with Crippen LogP contribution in [0.5, 0.6) is 0 Å². The van der Waals surface area contributed by atoms with Gasteiger partial charge in [-0.15, -0.1) is 0 Å². The van der Waals surface area contributed by atoms with Gasteiger partial charge in [0.25, 0.3) is 0 Å². The number of anilines is 1. The van der Waals surface area contributed by atoms with Crippen LogP contribution < -0.4 is 4.90 Å². The Morgan fingerprint density at radius 3 is 2.50 bits per heavy atom. The van der Waals surface area contributed by atoms with Crippen LogP contribution in [0.4, 0.5) is 5.69 Å². The molecule has 0 amide bonds. The van der Waals surface area contributed by atoms with Gasteiger partial charge in [0.2, 0.25) is 0 Å². The minimum Gasteiger partial charge on any atom is -0.369 e. The average Bonchev–Trinajstić information content (AvgIpc) is 2.27. The van der Waals surface area contributed by atoms with Gasteiger partial charge in [0.05, 0.1) is 0 Å². The number of fused-ring (bicyclic) bond motifs is 1. The monoisotopic (exact) mass is 217 g/mol. The van der Waals surface area contributed by atoms with Gasteiger partial charge in [-0.3, -0.25) is 0 Å². The zero-order valence-electron chi connectivity index (χ0n) is 11.0. The molecule has 1 heterocycles. The van der Waals surface area contributed by atoms with Gasteiger partial charge in [0.15, 0.2) is 0 Å². The van der Waals surface area contributed by atoms with Crippen LogP contribution in [0.15, 0.2) is 18.2 Å². The first-order valence-corrected chi connectivity index (χ1v) is 6.49. The van der Waals surface area contributed by atoms with Crippen molar-refractivity contribution in [3.8, 4) is 0 Å². The van der Waals surface area contributed by atoms with Gasteiger partial charge in [0, 0.05) is 18.3 Å². The standard InChI is InChI=1S/C15H23N/c1-11(2)13-7-8-15-14(10-13)6-5-9-16(15)12(3)4/h7-8,10-12H,5-6,9H2,1-4H3. The van der Waals surface area contributed by atoms with E-state index in [1.165, 1.54) is 30.6 Å². The molecule has 16 heavy (non-hydrogen) atoms. The number of benzene rings is 1. The van der Waals surface area contributed by atoms with E-state index in [2.05, 4.69) is 50.8 Å². The van der Waals surface area contributed by atoms with E-state index in [0.717, 1.165) is 0 Å². The largest absolute Gasteiger partial charge is 0.369 e. The summed E-state index contributed by atoms with van der Waals surface area (Å²) in [4.78, 5) is 2.53. The average molecular weight is 217 g/mol. The lowest BCUT2D eigenvalue weighted by Crippen LogP contribution is -2.35. The topological polar surface area (TPSA) is 3.24 Å². The molecule has 0 spiro atoms. The molecule has 1 heteroatoms. The zero-order chi connectivity index (χ0) is 11.7. The van der Waals surface area contributed by atoms with Crippen molar-refractivity contribution in [2.24, 2.45) is 0 Å². The van der Waals surface area contributed by atoms with Crippen molar-refractivity contribution in [1.29, 1.82) is 0 Å². The van der Waals surface area contributed by atoms with E-state index in [1.54, 1.807) is 5.56 Å². The van der Waals surface area contributed by atoms with Gasteiger partial charge in [-0.05, 0) is 49.8 Å². The Hall–Kier alpha value is -0.980. The van der Waals surface area contributed by atoms with Crippen LogP contribution in [0.3, 0.4) is 0 Å². The number of nitrogens with zero attached hydrogens (tertiary/aromatic N) is 1. The molecule has 0 unspecified atom stereocenters. The molecule has 0 radical (unpaired) electrons. The van der Waals surface area contributed by atoms with Crippen LogP contribution in [0.25, 0.3) is 0 Å². The van der Waals surface area contributed by atoms with Crippen molar-refractivity contribution in [2.45, 2.75) is 52.5 Å². The molecule has 0 saturated carbocycles. The molecule has 1 aliphatic rings. The van der Waals surface area contributed by atoms with Gasteiger partial charge in [-0.1, -0.05) is 26.0 Å². The summed E-state index contributed by atoms with van der Waals surface area (Å²) in [6.45, 7) is 10.3. The fraction of sp³-hybridized carbons (Fsp3) is 0.600. The van der Waals surface area contributed by atoms with Crippen molar-refractivity contribution in [1.82, 2.24) is 0 Å². The smallest absolute Gasteiger partial charge is 0.0401 e. The van der Waals surface area contributed by atoms with Crippen LogP contribution in [0.2, 0.25) is 0 Å². The van der Waals surface area contributed by atoms with E-state index in [4.69, 9.17) is 0 Å². The summed E-state index contributed by atoms with van der Waals surface area (Å²) in [5.41, 5.74) is 4.49. The highest BCUT2D eigenvalue weighted by Crippen LogP contribution is 2.31. The maximum absolute atomic E-state index is 2.53. The molecule has 1 aliphatic heterocycles. The van der Waals surface area contributed by atoms with Crippen molar-refractivity contribution >= 4 is 5.69 Å². The number of rotatable bonds is 2. The van der Waals surface area contributed by atoms with Crippen molar-refractivity contribution in [3.05, 3.63) is 29.3 Å². The molecule has 0 N–H and O–H groups in total. The second-order valence-electron chi connectivity index (χ2n) is 5.43. The van der Waals surface area contributed by atoms with Gasteiger partial charge in [-0.2, -0.15) is 0 Å². The predicted octanol–water partition coefficient (Wildman–Crippen LogP) is 3.97. The Balaban J connectivity index is 2.37. The summed E-state index contributed by atoms with van der Waals surface area (Å²) in [5.74, 6) is 0.639. The molecule has 88 valence electrons. The third-order valence-corrected chi connectivity index (χ3v) is 3.55. The summed E-state index contributed by atoms with van der Waals surface area (Å²) < 4.78 is 0. The van der Waals surface area contributed by atoms with E-state index in [0.29, 0.717) is 12.0 Å². The van der Waals surface area contributed by atoms with E-state index in [-0.39, 0.29) is 0 Å². The first-order chi connectivity index (χ1) is 7.59. The molecule has 0 saturated heterocycles. The number of aryl methyl sites for hydroxylation is 1. The quantitative estimate of drug-likeness (QED) is 0.724. The lowest BCUT2D eigenvalue weighted by Gasteiger charge is -2.35. The first-order valence-electron chi connectivity index (χ1n) is 6.49. The van der Waals surface area contributed by atoms with Crippen LogP contribution in [0, 0.1) is 0 Å². The lowest BCUT2D eigenvalue weighted by atomic mass is 9.94. The molecular weight excluding hydrogens is 194 g/mol. The Kier molecular flexibility index (Phi) is 3.22. The highest BCUT2D eigenvalue weighted by atomic mass is 15.2. The molecular formula is C15H23N. The van der Waals surface area contributed by atoms with Crippen molar-refractivity contribution in [2.75, 3.05) is 11.4 Å². The van der Waals surface area contributed by atoms with E-state index in [1.807, 2.05) is 0 Å². The maximum atomic E-state index is 2.53. The Labute approximate surface area is 99.5 Å². The molecule has 0 fully saturated rings. The van der Waals surface area contributed by atoms with E-state index >= 15 is 0 Å². The van der Waals surface area contributed by atoms with Gasteiger partial charge < -0.3 is 4.90 Å². The normalized spacial score (nSPS) is 15.8. The summed E-state index contributed by atoms with van der Waals surface area (Å²) >= 11 is 0. The highest BCUT2D eigenvalue weighted by Gasteiger charge is 2.19. The summed E-state index contributed by atoms with van der Waals surface area (Å²) in [5, 5.41) is 0. The third-order valence-electron chi connectivity index (χ3n) is 3.55. The molecule has 1 aromatic carbocycles. The molecule has 1 aromatic rings. The number of hydrogen-bond donors (Lipinski definition) is 0. The fourth-order valence-corrected chi connectivity index (χ4v) is 2.54. The molecule has 0 bridgehead atoms. The van der Waals surface area contributed by atoms with Crippen LogP contribution in [-0.4, -0.2) is 12.6 Å². The second-order valence-corrected chi connectivity index (χ2v) is 5.43. The highest BCUT2D eigenvalue weighted by molar-refractivity contribution is 5.57. The molecule has 0 aliphatic carbocycles. The van der Waals surface area contributed by atoms with Crippen LogP contribution in [0.1, 0.15) is 51.2 Å². The zero-order valence-corrected chi connectivity index (χ0v) is 11.0. The SMILES string of the molecule is CC(C)c1ccc2c(c1)CCCN2C(C)C. The van der Waals surface area contributed by atoms with Gasteiger partial charge >= 0.3 is 0 Å². The lowest BCUT2D eigenvalue weighted by molar-refractivity contribution is 0.624. The Bertz CT molecular complexity index is 366. The molecule has 2 rings (SSSR count). The summed E-state index contributed by atoms with van der Waals surface area (Å²) in [6, 6.07) is 7.65. The fourth-order valence-electron chi connectivity index (χ4n) is 2.54. The van der Waals surface area contributed by atoms with Crippen LogP contribution in [-0.2, 0) is 6.42 Å². The summed E-state index contributed by atoms with van der Waals surface area (Å²) in [6.07, 6.45) is 2.55. The summed E-state index contributed by atoms with van der Waals surface area (Å²) in [7, 11) is 0. The molecule has 0 atom stereocenters. The van der Waals surface area contributed by atoms with Crippen molar-refractivity contribution < 1.29 is 0 Å². The molecule has 1 nitrogen and oxygen atoms in total. The second kappa shape index (κ2) is 4.48. The number of hydrogen-bond acceptors (Lipinski definition) is 1. The minimum atomic E-state index is 0.615. The van der Waals surface area contributed by atoms with E-state index in [9.17, 15) is 0 Å². The first kappa shape index (κ1) is 11.5. The van der Waals surface area contributed by atoms with Crippen molar-refractivity contribution in [3.63, 3.8) is 0 Å². The third kappa shape index (κ3) is 2.09. The van der Waals surface area contributed by atoms with Gasteiger partial charge in [-0.25, -0.2) is 0 Å². The Morgan fingerprint density at radius 2 is 1.88 bits per heavy atom. The minimum absolute atomic E-state index is 0.615. The van der Waals surface area contributed by atoms with Gasteiger partial charge in [0.1, 0.15) is 0 Å². The van der Waals surface area contributed by atoms with Crippen LogP contribution >= 0.6 is 0 Å².